The molecule has 2 atom stereocenters. The van der Waals surface area contributed by atoms with Gasteiger partial charge in [-0.3, -0.25) is 4.79 Å². The number of benzene rings is 1. The first kappa shape index (κ1) is 15.8. The first-order chi connectivity index (χ1) is 11.2. The third kappa shape index (κ3) is 4.44. The van der Waals surface area contributed by atoms with Gasteiger partial charge in [-0.05, 0) is 48.4 Å². The van der Waals surface area contributed by atoms with Crippen molar-refractivity contribution in [2.75, 3.05) is 0 Å². The molecular formula is C19H25N3O. The molecule has 1 fully saturated rings. The van der Waals surface area contributed by atoms with E-state index in [1.807, 2.05) is 35.1 Å². The van der Waals surface area contributed by atoms with E-state index in [9.17, 15) is 4.79 Å². The van der Waals surface area contributed by atoms with Crippen molar-refractivity contribution in [2.24, 2.45) is 11.8 Å². The summed E-state index contributed by atoms with van der Waals surface area (Å²) >= 11 is 0. The molecule has 4 nitrogen and oxygen atoms in total. The fraction of sp³-hybridized carbons (Fsp3) is 0.474. The average Bonchev–Trinajstić information content (AvgIpc) is 3.08. The molecular weight excluding hydrogens is 286 g/mol. The minimum absolute atomic E-state index is 0.175. The molecule has 0 aliphatic heterocycles. The van der Waals surface area contributed by atoms with Crippen molar-refractivity contribution in [2.45, 2.75) is 45.6 Å². The van der Waals surface area contributed by atoms with Crippen LogP contribution in [0.15, 0.2) is 42.7 Å². The van der Waals surface area contributed by atoms with Crippen molar-refractivity contribution in [3.8, 4) is 5.69 Å². The summed E-state index contributed by atoms with van der Waals surface area (Å²) in [7, 11) is 0. The van der Waals surface area contributed by atoms with Crippen molar-refractivity contribution in [1.82, 2.24) is 15.1 Å². The van der Waals surface area contributed by atoms with Crippen molar-refractivity contribution in [3.05, 3.63) is 48.3 Å². The van der Waals surface area contributed by atoms with E-state index in [1.165, 1.54) is 25.7 Å². The number of carbonyl (C=O) groups is 1. The molecule has 1 N–H and O–H groups in total. The van der Waals surface area contributed by atoms with Crippen LogP contribution in [0, 0.1) is 11.8 Å². The number of amides is 1. The molecule has 1 aliphatic rings. The summed E-state index contributed by atoms with van der Waals surface area (Å²) in [6.07, 6.45) is 9.34. The topological polar surface area (TPSA) is 46.9 Å². The van der Waals surface area contributed by atoms with Crippen LogP contribution >= 0.6 is 0 Å². The van der Waals surface area contributed by atoms with Gasteiger partial charge in [-0.2, -0.15) is 5.10 Å². The predicted octanol–water partition coefficient (Wildman–Crippen LogP) is 3.70. The van der Waals surface area contributed by atoms with Crippen LogP contribution in [0.25, 0.3) is 5.69 Å². The molecule has 4 heteroatoms. The summed E-state index contributed by atoms with van der Waals surface area (Å²) in [6, 6.07) is 10.0. The van der Waals surface area contributed by atoms with E-state index in [4.69, 9.17) is 0 Å². The molecule has 3 rings (SSSR count). The zero-order valence-electron chi connectivity index (χ0n) is 13.7. The van der Waals surface area contributed by atoms with Crippen molar-refractivity contribution >= 4 is 5.91 Å². The molecule has 1 heterocycles. The number of hydrogen-bond acceptors (Lipinski definition) is 2. The molecule has 1 aromatic carbocycles. The number of carbonyl (C=O) groups excluding carboxylic acids is 1. The highest BCUT2D eigenvalue weighted by Crippen LogP contribution is 2.30. The van der Waals surface area contributed by atoms with Crippen LogP contribution in [0.4, 0.5) is 0 Å². The predicted molar refractivity (Wildman–Crippen MR) is 91.1 cm³/mol. The molecule has 1 aromatic heterocycles. The van der Waals surface area contributed by atoms with Crippen molar-refractivity contribution in [1.29, 1.82) is 0 Å². The zero-order valence-corrected chi connectivity index (χ0v) is 13.7. The highest BCUT2D eigenvalue weighted by atomic mass is 16.1. The van der Waals surface area contributed by atoms with Gasteiger partial charge in [0, 0.05) is 25.4 Å². The van der Waals surface area contributed by atoms with Crippen LogP contribution in [0.2, 0.25) is 0 Å². The van der Waals surface area contributed by atoms with E-state index in [2.05, 4.69) is 23.4 Å². The van der Waals surface area contributed by atoms with E-state index >= 15 is 0 Å². The first-order valence-corrected chi connectivity index (χ1v) is 8.56. The second-order valence-electron chi connectivity index (χ2n) is 6.74. The van der Waals surface area contributed by atoms with E-state index in [0.717, 1.165) is 17.2 Å². The smallest absolute Gasteiger partial charge is 0.220 e. The van der Waals surface area contributed by atoms with E-state index in [1.54, 1.807) is 6.20 Å². The van der Waals surface area contributed by atoms with Gasteiger partial charge in [-0.1, -0.05) is 31.9 Å². The molecule has 2 unspecified atom stereocenters. The number of aromatic nitrogens is 2. The monoisotopic (exact) mass is 311 g/mol. The molecule has 0 bridgehead atoms. The largest absolute Gasteiger partial charge is 0.352 e. The van der Waals surface area contributed by atoms with Crippen LogP contribution in [0.5, 0.6) is 0 Å². The van der Waals surface area contributed by atoms with Gasteiger partial charge >= 0.3 is 0 Å². The molecule has 1 aliphatic carbocycles. The highest BCUT2D eigenvalue weighted by Gasteiger charge is 2.21. The van der Waals surface area contributed by atoms with Crippen molar-refractivity contribution < 1.29 is 4.79 Å². The molecule has 23 heavy (non-hydrogen) atoms. The molecule has 122 valence electrons. The Balaban J connectivity index is 1.52. The number of nitrogens with zero attached hydrogens (tertiary/aromatic N) is 2. The Bertz CT molecular complexity index is 636. The lowest BCUT2D eigenvalue weighted by Gasteiger charge is -2.26. The lowest BCUT2D eigenvalue weighted by atomic mass is 9.81. The molecule has 0 spiro atoms. The Labute approximate surface area is 137 Å². The van der Waals surface area contributed by atoms with Crippen LogP contribution in [-0.4, -0.2) is 15.7 Å². The highest BCUT2D eigenvalue weighted by molar-refractivity contribution is 5.76. The van der Waals surface area contributed by atoms with Gasteiger partial charge in [0.25, 0.3) is 0 Å². The summed E-state index contributed by atoms with van der Waals surface area (Å²) < 4.78 is 1.83. The van der Waals surface area contributed by atoms with E-state index in [0.29, 0.717) is 18.9 Å². The van der Waals surface area contributed by atoms with Gasteiger partial charge < -0.3 is 5.32 Å². The van der Waals surface area contributed by atoms with Gasteiger partial charge in [0.2, 0.25) is 5.91 Å². The Morgan fingerprint density at radius 2 is 2.26 bits per heavy atom. The minimum Gasteiger partial charge on any atom is -0.352 e. The maximum atomic E-state index is 12.2. The fourth-order valence-electron chi connectivity index (χ4n) is 3.51. The molecule has 0 radical (unpaired) electrons. The molecule has 1 saturated carbocycles. The Morgan fingerprint density at radius 1 is 1.35 bits per heavy atom. The summed E-state index contributed by atoms with van der Waals surface area (Å²) in [6.45, 7) is 2.88. The third-order valence-corrected chi connectivity index (χ3v) is 4.69. The first-order valence-electron chi connectivity index (χ1n) is 8.56. The van der Waals surface area contributed by atoms with Gasteiger partial charge in [0.15, 0.2) is 0 Å². The SMILES string of the molecule is CC1CCCC(CC(=O)NCc2cccc(-n3cccn3)c2)C1. The average molecular weight is 311 g/mol. The Morgan fingerprint density at radius 3 is 3.04 bits per heavy atom. The van der Waals surface area contributed by atoms with Gasteiger partial charge in [0.1, 0.15) is 0 Å². The molecule has 2 aromatic rings. The summed E-state index contributed by atoms with van der Waals surface area (Å²) in [4.78, 5) is 12.2. The second-order valence-corrected chi connectivity index (χ2v) is 6.74. The minimum atomic E-state index is 0.175. The second kappa shape index (κ2) is 7.44. The summed E-state index contributed by atoms with van der Waals surface area (Å²) in [5.74, 6) is 1.51. The van der Waals surface area contributed by atoms with Crippen molar-refractivity contribution in [3.63, 3.8) is 0 Å². The maximum absolute atomic E-state index is 12.2. The quantitative estimate of drug-likeness (QED) is 0.915. The number of hydrogen-bond donors (Lipinski definition) is 1. The third-order valence-electron chi connectivity index (χ3n) is 4.69. The normalized spacial score (nSPS) is 21.1. The number of rotatable bonds is 5. The van der Waals surface area contributed by atoms with E-state index in [-0.39, 0.29) is 5.91 Å². The van der Waals surface area contributed by atoms with Crippen LogP contribution < -0.4 is 5.32 Å². The Hall–Kier alpha value is -2.10. The van der Waals surface area contributed by atoms with Gasteiger partial charge in [-0.15, -0.1) is 0 Å². The van der Waals surface area contributed by atoms with E-state index < -0.39 is 0 Å². The van der Waals surface area contributed by atoms with Gasteiger partial charge in [0.05, 0.1) is 5.69 Å². The number of nitrogens with one attached hydrogen (secondary N) is 1. The zero-order chi connectivity index (χ0) is 16.1. The lowest BCUT2D eigenvalue weighted by Crippen LogP contribution is -2.27. The fourth-order valence-corrected chi connectivity index (χ4v) is 3.51. The standard InChI is InChI=1S/C19H25N3O/c1-15-5-2-6-16(11-15)13-19(23)20-14-17-7-3-8-18(12-17)22-10-4-9-21-22/h3-4,7-10,12,15-16H,2,5-6,11,13-14H2,1H3,(H,20,23). The van der Waals surface area contributed by atoms with Crippen LogP contribution in [-0.2, 0) is 11.3 Å². The summed E-state index contributed by atoms with van der Waals surface area (Å²) in [5, 5.41) is 7.30. The van der Waals surface area contributed by atoms with Crippen LogP contribution in [0.1, 0.15) is 44.6 Å². The Kier molecular flexibility index (Phi) is 5.11. The van der Waals surface area contributed by atoms with Gasteiger partial charge in [-0.25, -0.2) is 4.68 Å². The van der Waals surface area contributed by atoms with Crippen LogP contribution in [0.3, 0.4) is 0 Å². The molecule has 0 saturated heterocycles. The summed E-state index contributed by atoms with van der Waals surface area (Å²) in [5.41, 5.74) is 2.12. The lowest BCUT2D eigenvalue weighted by molar-refractivity contribution is -0.122. The molecule has 1 amide bonds. The maximum Gasteiger partial charge on any atom is 0.220 e.